The second kappa shape index (κ2) is 8.94. The molecule has 3 aromatic rings. The molecule has 1 atom stereocenters. The van der Waals surface area contributed by atoms with Crippen molar-refractivity contribution in [3.63, 3.8) is 0 Å². The summed E-state index contributed by atoms with van der Waals surface area (Å²) in [5.41, 5.74) is 3.58. The summed E-state index contributed by atoms with van der Waals surface area (Å²) in [5, 5.41) is 3.00. The van der Waals surface area contributed by atoms with Crippen LogP contribution in [0.25, 0.3) is 11.3 Å². The Kier molecular flexibility index (Phi) is 6.15. The Morgan fingerprint density at radius 3 is 2.48 bits per heavy atom. The average Bonchev–Trinajstić information content (AvgIpc) is 2.74. The highest BCUT2D eigenvalue weighted by atomic mass is 16.5. The third-order valence-electron chi connectivity index (χ3n) is 4.48. The first kappa shape index (κ1) is 18.6. The first-order valence-corrected chi connectivity index (χ1v) is 8.99. The van der Waals surface area contributed by atoms with Crippen LogP contribution < -0.4 is 10.1 Å². The lowest BCUT2D eigenvalue weighted by molar-refractivity contribution is -0.122. The van der Waals surface area contributed by atoms with E-state index in [1.807, 2.05) is 67.6 Å². The molecule has 1 unspecified atom stereocenters. The largest absolute Gasteiger partial charge is 0.497 e. The summed E-state index contributed by atoms with van der Waals surface area (Å²) in [6.07, 6.45) is 2.27. The molecule has 0 bridgehead atoms. The van der Waals surface area contributed by atoms with Crippen LogP contribution in [0.5, 0.6) is 5.75 Å². The molecule has 0 fully saturated rings. The zero-order chi connectivity index (χ0) is 19.1. The van der Waals surface area contributed by atoms with Crippen LogP contribution in [0.1, 0.15) is 30.5 Å². The van der Waals surface area contributed by atoms with Crippen molar-refractivity contribution in [2.24, 2.45) is 0 Å². The first-order valence-electron chi connectivity index (χ1n) is 8.99. The minimum absolute atomic E-state index is 0.00769. The Balaban J connectivity index is 1.68. The molecule has 1 heterocycles. The van der Waals surface area contributed by atoms with Crippen molar-refractivity contribution >= 4 is 5.91 Å². The molecule has 0 aliphatic rings. The third-order valence-corrected chi connectivity index (χ3v) is 4.48. The van der Waals surface area contributed by atoms with Crippen LogP contribution in [0.3, 0.4) is 0 Å². The molecule has 0 aliphatic heterocycles. The SMILES string of the molecule is CCC(C(=O)NCc1cc(-c2ccc(OC)cc2)ncn1)c1ccccc1. The number of nitrogens with zero attached hydrogens (tertiary/aromatic N) is 2. The molecular weight excluding hydrogens is 338 g/mol. The van der Waals surface area contributed by atoms with Crippen molar-refractivity contribution in [1.29, 1.82) is 0 Å². The fourth-order valence-electron chi connectivity index (χ4n) is 2.97. The van der Waals surface area contributed by atoms with E-state index >= 15 is 0 Å². The number of hydrogen-bond donors (Lipinski definition) is 1. The molecule has 138 valence electrons. The predicted octanol–water partition coefficient (Wildman–Crippen LogP) is 3.96. The van der Waals surface area contributed by atoms with Gasteiger partial charge in [-0.3, -0.25) is 4.79 Å². The molecule has 0 radical (unpaired) electrons. The Labute approximate surface area is 159 Å². The van der Waals surface area contributed by atoms with E-state index in [9.17, 15) is 4.79 Å². The van der Waals surface area contributed by atoms with Crippen molar-refractivity contribution in [3.05, 3.63) is 78.2 Å². The molecule has 3 rings (SSSR count). The van der Waals surface area contributed by atoms with Gasteiger partial charge in [-0.2, -0.15) is 0 Å². The van der Waals surface area contributed by atoms with E-state index < -0.39 is 0 Å². The molecule has 0 saturated heterocycles. The lowest BCUT2D eigenvalue weighted by Crippen LogP contribution is -2.29. The Morgan fingerprint density at radius 1 is 1.07 bits per heavy atom. The lowest BCUT2D eigenvalue weighted by Gasteiger charge is -2.15. The molecule has 0 spiro atoms. The monoisotopic (exact) mass is 361 g/mol. The smallest absolute Gasteiger partial charge is 0.227 e. The second-order valence-electron chi connectivity index (χ2n) is 6.21. The summed E-state index contributed by atoms with van der Waals surface area (Å²) in [4.78, 5) is 21.2. The fourth-order valence-corrected chi connectivity index (χ4v) is 2.97. The summed E-state index contributed by atoms with van der Waals surface area (Å²) in [7, 11) is 1.64. The maximum absolute atomic E-state index is 12.6. The van der Waals surface area contributed by atoms with Crippen LogP contribution in [0, 0.1) is 0 Å². The maximum atomic E-state index is 12.6. The predicted molar refractivity (Wildman–Crippen MR) is 105 cm³/mol. The van der Waals surface area contributed by atoms with Crippen LogP contribution in [-0.2, 0) is 11.3 Å². The van der Waals surface area contributed by atoms with Gasteiger partial charge >= 0.3 is 0 Å². The van der Waals surface area contributed by atoms with E-state index in [0.29, 0.717) is 6.54 Å². The summed E-state index contributed by atoms with van der Waals surface area (Å²) in [5.74, 6) is 0.647. The van der Waals surface area contributed by atoms with Crippen LogP contribution >= 0.6 is 0 Å². The number of aromatic nitrogens is 2. The number of benzene rings is 2. The van der Waals surface area contributed by atoms with Crippen molar-refractivity contribution in [1.82, 2.24) is 15.3 Å². The molecular formula is C22H23N3O2. The minimum atomic E-state index is -0.158. The first-order chi connectivity index (χ1) is 13.2. The van der Waals surface area contributed by atoms with Crippen molar-refractivity contribution in [2.75, 3.05) is 7.11 Å². The van der Waals surface area contributed by atoms with E-state index in [1.54, 1.807) is 7.11 Å². The zero-order valence-electron chi connectivity index (χ0n) is 15.6. The van der Waals surface area contributed by atoms with Gasteiger partial charge in [-0.15, -0.1) is 0 Å². The topological polar surface area (TPSA) is 64.1 Å². The molecule has 0 aliphatic carbocycles. The highest BCUT2D eigenvalue weighted by Crippen LogP contribution is 2.21. The lowest BCUT2D eigenvalue weighted by atomic mass is 9.95. The molecule has 5 nitrogen and oxygen atoms in total. The van der Waals surface area contributed by atoms with Gasteiger partial charge < -0.3 is 10.1 Å². The van der Waals surface area contributed by atoms with Gasteiger partial charge in [-0.1, -0.05) is 37.3 Å². The molecule has 27 heavy (non-hydrogen) atoms. The second-order valence-corrected chi connectivity index (χ2v) is 6.21. The summed E-state index contributed by atoms with van der Waals surface area (Å²) in [6, 6.07) is 19.4. The molecule has 0 saturated carbocycles. The van der Waals surface area contributed by atoms with E-state index in [4.69, 9.17) is 4.74 Å². The average molecular weight is 361 g/mol. The zero-order valence-corrected chi connectivity index (χ0v) is 15.6. The number of methoxy groups -OCH3 is 1. The maximum Gasteiger partial charge on any atom is 0.227 e. The van der Waals surface area contributed by atoms with Crippen molar-refractivity contribution in [2.45, 2.75) is 25.8 Å². The van der Waals surface area contributed by atoms with Crippen LogP contribution in [0.15, 0.2) is 67.0 Å². The van der Waals surface area contributed by atoms with Gasteiger partial charge in [0.2, 0.25) is 5.91 Å². The molecule has 2 aromatic carbocycles. The minimum Gasteiger partial charge on any atom is -0.497 e. The van der Waals surface area contributed by atoms with Gasteiger partial charge in [0.05, 0.1) is 31.0 Å². The highest BCUT2D eigenvalue weighted by Gasteiger charge is 2.18. The summed E-state index contributed by atoms with van der Waals surface area (Å²) < 4.78 is 5.18. The molecule has 1 N–H and O–H groups in total. The number of carbonyl (C=O) groups is 1. The van der Waals surface area contributed by atoms with Crippen LogP contribution in [0.2, 0.25) is 0 Å². The third kappa shape index (κ3) is 4.70. The van der Waals surface area contributed by atoms with E-state index in [2.05, 4.69) is 15.3 Å². The van der Waals surface area contributed by atoms with Gasteiger partial charge in [0.25, 0.3) is 0 Å². The van der Waals surface area contributed by atoms with Gasteiger partial charge in [-0.25, -0.2) is 9.97 Å². The van der Waals surface area contributed by atoms with Crippen molar-refractivity contribution in [3.8, 4) is 17.0 Å². The van der Waals surface area contributed by atoms with Gasteiger partial charge in [0.1, 0.15) is 12.1 Å². The number of carbonyl (C=O) groups excluding carboxylic acids is 1. The van der Waals surface area contributed by atoms with Gasteiger partial charge in [0, 0.05) is 5.56 Å². The standard InChI is InChI=1S/C22H23N3O2/c1-3-20(16-7-5-4-6-8-16)22(26)23-14-18-13-21(25-15-24-18)17-9-11-19(27-2)12-10-17/h4-13,15,20H,3,14H2,1-2H3,(H,23,26). The number of amides is 1. The summed E-state index contributed by atoms with van der Waals surface area (Å²) in [6.45, 7) is 2.39. The van der Waals surface area contributed by atoms with Crippen LogP contribution in [0.4, 0.5) is 0 Å². The number of ether oxygens (including phenoxy) is 1. The summed E-state index contributed by atoms with van der Waals surface area (Å²) >= 11 is 0. The van der Waals surface area contributed by atoms with Gasteiger partial charge in [-0.05, 0) is 42.3 Å². The number of rotatable bonds is 7. The van der Waals surface area contributed by atoms with Crippen LogP contribution in [-0.4, -0.2) is 23.0 Å². The van der Waals surface area contributed by atoms with Gasteiger partial charge in [0.15, 0.2) is 0 Å². The molecule has 1 aromatic heterocycles. The quantitative estimate of drug-likeness (QED) is 0.692. The van der Waals surface area contributed by atoms with E-state index in [1.165, 1.54) is 6.33 Å². The van der Waals surface area contributed by atoms with E-state index in [-0.39, 0.29) is 11.8 Å². The highest BCUT2D eigenvalue weighted by molar-refractivity contribution is 5.83. The van der Waals surface area contributed by atoms with Crippen molar-refractivity contribution < 1.29 is 9.53 Å². The number of hydrogen-bond acceptors (Lipinski definition) is 4. The normalized spacial score (nSPS) is 11.6. The Hall–Kier alpha value is -3.21. The van der Waals surface area contributed by atoms with E-state index in [0.717, 1.165) is 34.7 Å². The molecule has 1 amide bonds. The fraction of sp³-hybridized carbons (Fsp3) is 0.227. The Bertz CT molecular complexity index is 880. The Morgan fingerprint density at radius 2 is 1.81 bits per heavy atom. The molecule has 5 heteroatoms. The number of nitrogens with one attached hydrogen (secondary N) is 1.